The summed E-state index contributed by atoms with van der Waals surface area (Å²) < 4.78 is 88.2. The molecule has 0 aliphatic carbocycles. The summed E-state index contributed by atoms with van der Waals surface area (Å²) in [7, 11) is -4.67. The van der Waals surface area contributed by atoms with Crippen LogP contribution in [0.2, 0.25) is 5.02 Å². The number of ether oxygens (including phenoxy) is 1. The van der Waals surface area contributed by atoms with Gasteiger partial charge in [-0.15, -0.1) is 0 Å². The van der Waals surface area contributed by atoms with Crippen molar-refractivity contribution in [2.24, 2.45) is 5.92 Å². The van der Waals surface area contributed by atoms with Crippen LogP contribution in [-0.4, -0.2) is 37.1 Å². The SMILES string of the molecule is C/C(=C\c1ccc2c(c1)N(S(=O)(=O)c1cncc(C(F)(F)F)c1)CC(C(C)C(=O)O)O2)c1c(F)cccc1Cl. The second kappa shape index (κ2) is 10.5. The summed E-state index contributed by atoms with van der Waals surface area (Å²) in [5.74, 6) is -2.97. The minimum Gasteiger partial charge on any atom is -0.485 e. The highest BCUT2D eigenvalue weighted by Gasteiger charge is 2.40. The van der Waals surface area contributed by atoms with Crippen molar-refractivity contribution in [2.45, 2.75) is 31.0 Å². The predicted molar refractivity (Wildman–Crippen MR) is 136 cm³/mol. The lowest BCUT2D eigenvalue weighted by Gasteiger charge is -2.37. The third-order valence-electron chi connectivity index (χ3n) is 6.19. The Morgan fingerprint density at radius 3 is 2.59 bits per heavy atom. The Morgan fingerprint density at radius 2 is 1.95 bits per heavy atom. The fourth-order valence-electron chi connectivity index (χ4n) is 4.07. The average Bonchev–Trinajstić information content (AvgIpc) is 2.87. The third-order valence-corrected chi connectivity index (χ3v) is 8.25. The van der Waals surface area contributed by atoms with E-state index in [9.17, 15) is 35.9 Å². The fourth-order valence-corrected chi connectivity index (χ4v) is 5.85. The molecule has 2 unspecified atom stereocenters. The van der Waals surface area contributed by atoms with Crippen LogP contribution in [0.4, 0.5) is 23.2 Å². The number of carboxylic acid groups (broad SMARTS) is 1. The second-order valence-corrected chi connectivity index (χ2v) is 11.1. The van der Waals surface area contributed by atoms with Gasteiger partial charge in [-0.2, -0.15) is 13.2 Å². The van der Waals surface area contributed by atoms with E-state index in [2.05, 4.69) is 4.98 Å². The molecule has 0 saturated heterocycles. The minimum atomic E-state index is -4.84. The Kier molecular flexibility index (Phi) is 7.63. The highest BCUT2D eigenvalue weighted by atomic mass is 35.5. The molecule has 3 aromatic rings. The molecular formula is C26H21ClF4N2O5S. The zero-order valence-corrected chi connectivity index (χ0v) is 22.0. The summed E-state index contributed by atoms with van der Waals surface area (Å²) in [6.45, 7) is 2.44. The molecule has 13 heteroatoms. The number of alkyl halides is 3. The van der Waals surface area contributed by atoms with Crippen LogP contribution in [0, 0.1) is 11.7 Å². The maximum atomic E-state index is 14.4. The third kappa shape index (κ3) is 5.71. The van der Waals surface area contributed by atoms with Crippen LogP contribution in [0.1, 0.15) is 30.5 Å². The number of aliphatic carboxylic acids is 1. The molecule has 2 heterocycles. The molecule has 0 bridgehead atoms. The van der Waals surface area contributed by atoms with Crippen LogP contribution in [0.3, 0.4) is 0 Å². The van der Waals surface area contributed by atoms with Crippen molar-refractivity contribution in [2.75, 3.05) is 10.8 Å². The maximum Gasteiger partial charge on any atom is 0.417 e. The van der Waals surface area contributed by atoms with Crippen LogP contribution in [0.5, 0.6) is 5.75 Å². The Balaban J connectivity index is 1.84. The number of halogens is 5. The molecule has 2 aromatic carbocycles. The normalized spacial score (nSPS) is 16.8. The highest BCUT2D eigenvalue weighted by molar-refractivity contribution is 7.92. The first kappa shape index (κ1) is 28.4. The first-order valence-electron chi connectivity index (χ1n) is 11.4. The summed E-state index contributed by atoms with van der Waals surface area (Å²) in [5.41, 5.74) is -0.336. The van der Waals surface area contributed by atoms with Crippen molar-refractivity contribution >= 4 is 44.9 Å². The molecule has 1 aliphatic heterocycles. The molecule has 4 rings (SSSR count). The number of carboxylic acids is 1. The largest absolute Gasteiger partial charge is 0.485 e. The van der Waals surface area contributed by atoms with Gasteiger partial charge in [0.15, 0.2) is 0 Å². The molecular weight excluding hydrogens is 564 g/mol. The number of carbonyl (C=O) groups is 1. The van der Waals surface area contributed by atoms with Gasteiger partial charge in [-0.3, -0.25) is 14.1 Å². The average molecular weight is 585 g/mol. The van der Waals surface area contributed by atoms with Crippen molar-refractivity contribution in [1.29, 1.82) is 0 Å². The molecule has 0 spiro atoms. The van der Waals surface area contributed by atoms with Crippen molar-refractivity contribution in [3.8, 4) is 5.75 Å². The number of anilines is 1. The monoisotopic (exact) mass is 584 g/mol. The lowest BCUT2D eigenvalue weighted by molar-refractivity contribution is -0.144. The van der Waals surface area contributed by atoms with Gasteiger partial charge >= 0.3 is 12.1 Å². The number of hydrogen-bond acceptors (Lipinski definition) is 5. The first-order valence-corrected chi connectivity index (χ1v) is 13.2. The molecule has 7 nitrogen and oxygen atoms in total. The van der Waals surface area contributed by atoms with Crippen LogP contribution < -0.4 is 9.04 Å². The van der Waals surface area contributed by atoms with Gasteiger partial charge in [-0.1, -0.05) is 29.8 Å². The number of aromatic nitrogens is 1. The Hall–Kier alpha value is -3.64. The van der Waals surface area contributed by atoms with Gasteiger partial charge < -0.3 is 9.84 Å². The van der Waals surface area contributed by atoms with Crippen molar-refractivity contribution in [3.63, 3.8) is 0 Å². The van der Waals surface area contributed by atoms with E-state index in [0.29, 0.717) is 23.4 Å². The number of pyridine rings is 1. The van der Waals surface area contributed by atoms with E-state index < -0.39 is 57.0 Å². The van der Waals surface area contributed by atoms with Crippen LogP contribution >= 0.6 is 11.6 Å². The quantitative estimate of drug-likeness (QED) is 0.277. The molecule has 206 valence electrons. The van der Waals surface area contributed by atoms with E-state index in [1.54, 1.807) is 19.1 Å². The van der Waals surface area contributed by atoms with Crippen molar-refractivity contribution in [3.05, 3.63) is 82.4 Å². The molecule has 39 heavy (non-hydrogen) atoms. The number of sulfonamides is 1. The molecule has 1 aromatic heterocycles. The van der Waals surface area contributed by atoms with Gasteiger partial charge in [-0.25, -0.2) is 12.8 Å². The second-order valence-electron chi connectivity index (χ2n) is 8.88. The topological polar surface area (TPSA) is 96.8 Å². The van der Waals surface area contributed by atoms with E-state index in [0.717, 1.165) is 10.5 Å². The van der Waals surface area contributed by atoms with Gasteiger partial charge in [0.1, 0.15) is 22.6 Å². The predicted octanol–water partition coefficient (Wildman–Crippen LogP) is 6.13. The Bertz CT molecular complexity index is 1560. The number of allylic oxidation sites excluding steroid dienone is 1. The number of hydrogen-bond donors (Lipinski definition) is 1. The lowest BCUT2D eigenvalue weighted by Crippen LogP contribution is -2.47. The van der Waals surface area contributed by atoms with Gasteiger partial charge in [0.2, 0.25) is 0 Å². The lowest BCUT2D eigenvalue weighted by atomic mass is 10.0. The summed E-state index contributed by atoms with van der Waals surface area (Å²) >= 11 is 6.15. The molecule has 1 N–H and O–H groups in total. The van der Waals surface area contributed by atoms with Crippen LogP contribution in [0.15, 0.2) is 59.8 Å². The van der Waals surface area contributed by atoms with E-state index in [1.165, 1.54) is 37.3 Å². The van der Waals surface area contributed by atoms with E-state index >= 15 is 0 Å². The number of fused-ring (bicyclic) bond motifs is 1. The number of rotatable bonds is 6. The molecule has 2 atom stereocenters. The van der Waals surface area contributed by atoms with Crippen LogP contribution in [-0.2, 0) is 21.0 Å². The molecule has 1 aliphatic rings. The molecule has 0 fully saturated rings. The van der Waals surface area contributed by atoms with E-state index in [1.807, 2.05) is 0 Å². The zero-order valence-electron chi connectivity index (χ0n) is 20.4. The smallest absolute Gasteiger partial charge is 0.417 e. The maximum absolute atomic E-state index is 14.4. The first-order chi connectivity index (χ1) is 18.2. The fraction of sp³-hybridized carbons (Fsp3) is 0.231. The van der Waals surface area contributed by atoms with Gasteiger partial charge in [0, 0.05) is 18.0 Å². The molecule has 0 saturated carbocycles. The van der Waals surface area contributed by atoms with Crippen molar-refractivity contribution in [1.82, 2.24) is 4.98 Å². The van der Waals surface area contributed by atoms with Crippen molar-refractivity contribution < 1.29 is 40.6 Å². The van der Waals surface area contributed by atoms with E-state index in [4.69, 9.17) is 16.3 Å². The zero-order chi connectivity index (χ0) is 28.7. The van der Waals surface area contributed by atoms with Gasteiger partial charge in [-0.05, 0) is 55.3 Å². The minimum absolute atomic E-state index is 0.00147. The Morgan fingerprint density at radius 1 is 1.23 bits per heavy atom. The summed E-state index contributed by atoms with van der Waals surface area (Å²) in [6, 6.07) is 9.01. The standard InChI is InChI=1S/C26H21ClF4N2O5S/c1-14(24-19(27)4-3-5-20(24)28)8-16-6-7-22-21(9-16)33(13-23(38-22)15(2)25(34)35)39(36,37)18-10-17(11-32-12-18)26(29,30)31/h3-12,15,23H,13H2,1-2H3,(H,34,35)/b14-8+. The Labute approximate surface area is 226 Å². The van der Waals surface area contributed by atoms with Crippen LogP contribution in [0.25, 0.3) is 11.6 Å². The molecule has 0 amide bonds. The van der Waals surface area contributed by atoms with E-state index in [-0.39, 0.29) is 22.0 Å². The highest BCUT2D eigenvalue weighted by Crippen LogP contribution is 2.40. The number of benzene rings is 2. The number of nitrogens with zero attached hydrogens (tertiary/aromatic N) is 2. The molecule has 0 radical (unpaired) electrons. The summed E-state index contributed by atoms with van der Waals surface area (Å²) in [5, 5.41) is 9.64. The summed E-state index contributed by atoms with van der Waals surface area (Å²) in [4.78, 5) is 14.3. The van der Waals surface area contributed by atoms with Gasteiger partial charge in [0.25, 0.3) is 10.0 Å². The van der Waals surface area contributed by atoms with Gasteiger partial charge in [0.05, 0.1) is 28.7 Å². The summed E-state index contributed by atoms with van der Waals surface area (Å²) in [6.07, 6.45) is -3.16.